The van der Waals surface area contributed by atoms with E-state index < -0.39 is 18.4 Å². The molecule has 5 atom stereocenters. The fourth-order valence-corrected chi connectivity index (χ4v) is 2.00. The van der Waals surface area contributed by atoms with Gasteiger partial charge in [-0.2, -0.15) is 0 Å². The molecule has 0 aromatic heterocycles. The molecule has 0 spiro atoms. The highest BCUT2D eigenvalue weighted by atomic mass is 16.7. The van der Waals surface area contributed by atoms with E-state index in [9.17, 15) is 9.90 Å². The molecule has 5 heteroatoms. The summed E-state index contributed by atoms with van der Waals surface area (Å²) in [5, 5.41) is 12.5. The summed E-state index contributed by atoms with van der Waals surface area (Å²) in [6.45, 7) is 3.81. The SMILES string of the molecule is CC(=O)N[C@@H]1[C@@H]2OC[C@@H](O2)[C@@H](C)[C@@H]1O. The zero-order valence-electron chi connectivity index (χ0n) is 8.27. The van der Waals surface area contributed by atoms with Gasteiger partial charge < -0.3 is 19.9 Å². The molecule has 2 saturated heterocycles. The second kappa shape index (κ2) is 3.49. The normalized spacial score (nSPS) is 46.4. The average Bonchev–Trinajstić information content (AvgIpc) is 2.55. The Bertz CT molecular complexity index is 245. The van der Waals surface area contributed by atoms with E-state index >= 15 is 0 Å². The lowest BCUT2D eigenvalue weighted by Crippen LogP contribution is -2.57. The van der Waals surface area contributed by atoms with Crippen molar-refractivity contribution in [2.45, 2.75) is 38.4 Å². The number of nitrogens with one attached hydrogen (secondary N) is 1. The van der Waals surface area contributed by atoms with E-state index in [2.05, 4.69) is 5.32 Å². The van der Waals surface area contributed by atoms with Crippen LogP contribution in [0, 0.1) is 5.92 Å². The monoisotopic (exact) mass is 201 g/mol. The van der Waals surface area contributed by atoms with Gasteiger partial charge >= 0.3 is 0 Å². The Labute approximate surface area is 82.4 Å². The molecule has 2 aliphatic rings. The summed E-state index contributed by atoms with van der Waals surface area (Å²) in [6, 6.07) is -0.443. The van der Waals surface area contributed by atoms with Gasteiger partial charge in [0.2, 0.25) is 5.91 Å². The highest BCUT2D eigenvalue weighted by Crippen LogP contribution is 2.31. The fourth-order valence-electron chi connectivity index (χ4n) is 2.00. The maximum absolute atomic E-state index is 10.9. The first kappa shape index (κ1) is 9.89. The minimum absolute atomic E-state index is 0.00870. The van der Waals surface area contributed by atoms with E-state index in [1.165, 1.54) is 6.92 Å². The summed E-state index contributed by atoms with van der Waals surface area (Å²) in [6.07, 6.45) is -1.12. The van der Waals surface area contributed by atoms with Gasteiger partial charge in [0.15, 0.2) is 6.29 Å². The first-order chi connectivity index (χ1) is 6.59. The molecule has 0 radical (unpaired) electrons. The predicted octanol–water partition coefficient (Wildman–Crippen LogP) is -0.757. The van der Waals surface area contributed by atoms with E-state index in [4.69, 9.17) is 9.47 Å². The molecular weight excluding hydrogens is 186 g/mol. The van der Waals surface area contributed by atoms with E-state index in [1.54, 1.807) is 0 Å². The first-order valence-electron chi connectivity index (χ1n) is 4.82. The van der Waals surface area contributed by atoms with Crippen molar-refractivity contribution in [1.82, 2.24) is 5.32 Å². The van der Waals surface area contributed by atoms with Gasteiger partial charge in [0.25, 0.3) is 0 Å². The van der Waals surface area contributed by atoms with Crippen molar-refractivity contribution in [2.24, 2.45) is 5.92 Å². The molecule has 0 unspecified atom stereocenters. The van der Waals surface area contributed by atoms with Crippen LogP contribution in [0.5, 0.6) is 0 Å². The summed E-state index contributed by atoms with van der Waals surface area (Å²) in [5.74, 6) is -0.190. The highest BCUT2D eigenvalue weighted by molar-refractivity contribution is 5.73. The van der Waals surface area contributed by atoms with Crippen molar-refractivity contribution in [3.05, 3.63) is 0 Å². The summed E-state index contributed by atoms with van der Waals surface area (Å²) in [4.78, 5) is 10.9. The van der Waals surface area contributed by atoms with Gasteiger partial charge in [0, 0.05) is 12.8 Å². The second-order valence-electron chi connectivity index (χ2n) is 3.95. The molecule has 80 valence electrons. The summed E-state index contributed by atoms with van der Waals surface area (Å²) in [7, 11) is 0. The molecule has 2 heterocycles. The second-order valence-corrected chi connectivity index (χ2v) is 3.95. The Morgan fingerprint density at radius 3 is 2.93 bits per heavy atom. The number of aliphatic hydroxyl groups is 1. The summed E-state index contributed by atoms with van der Waals surface area (Å²) in [5.41, 5.74) is 0. The van der Waals surface area contributed by atoms with E-state index in [0.717, 1.165) is 0 Å². The van der Waals surface area contributed by atoms with Crippen LogP contribution in [-0.4, -0.2) is 42.2 Å². The van der Waals surface area contributed by atoms with E-state index in [0.29, 0.717) is 6.61 Å². The number of rotatable bonds is 1. The minimum Gasteiger partial charge on any atom is -0.390 e. The number of carbonyl (C=O) groups excluding carboxylic acids is 1. The molecule has 1 amide bonds. The van der Waals surface area contributed by atoms with Crippen molar-refractivity contribution >= 4 is 5.91 Å². The Hall–Kier alpha value is -0.650. The van der Waals surface area contributed by atoms with E-state index in [1.807, 2.05) is 6.92 Å². The smallest absolute Gasteiger partial charge is 0.217 e. The average molecular weight is 201 g/mol. The molecule has 0 aromatic rings. The van der Waals surface area contributed by atoms with Crippen molar-refractivity contribution in [3.8, 4) is 0 Å². The van der Waals surface area contributed by atoms with Crippen LogP contribution in [0.3, 0.4) is 0 Å². The van der Waals surface area contributed by atoms with Crippen LogP contribution in [0.25, 0.3) is 0 Å². The number of fused-ring (bicyclic) bond motifs is 2. The topological polar surface area (TPSA) is 67.8 Å². The fraction of sp³-hybridized carbons (Fsp3) is 0.889. The molecule has 0 aliphatic carbocycles. The third kappa shape index (κ3) is 1.51. The minimum atomic E-state index is -0.592. The molecule has 2 N–H and O–H groups in total. The van der Waals surface area contributed by atoms with Gasteiger partial charge in [0.05, 0.1) is 18.8 Å². The van der Waals surface area contributed by atoms with Crippen molar-refractivity contribution < 1.29 is 19.4 Å². The third-order valence-electron chi connectivity index (χ3n) is 2.89. The van der Waals surface area contributed by atoms with Crippen LogP contribution in [0.15, 0.2) is 0 Å². The molecule has 2 rings (SSSR count). The predicted molar refractivity (Wildman–Crippen MR) is 47.4 cm³/mol. The number of hydrogen-bond donors (Lipinski definition) is 2. The molecule has 0 aromatic carbocycles. The maximum Gasteiger partial charge on any atom is 0.217 e. The largest absolute Gasteiger partial charge is 0.390 e. The van der Waals surface area contributed by atoms with E-state index in [-0.39, 0.29) is 17.9 Å². The Kier molecular flexibility index (Phi) is 2.47. The molecule has 0 saturated carbocycles. The molecule has 2 aliphatic heterocycles. The van der Waals surface area contributed by atoms with Gasteiger partial charge in [0.1, 0.15) is 6.04 Å². The van der Waals surface area contributed by atoms with Crippen LogP contribution in [0.1, 0.15) is 13.8 Å². The Balaban J connectivity index is 2.10. The molecule has 2 bridgehead atoms. The van der Waals surface area contributed by atoms with Crippen molar-refractivity contribution in [1.29, 1.82) is 0 Å². The van der Waals surface area contributed by atoms with Gasteiger partial charge in [-0.3, -0.25) is 4.79 Å². The lowest BCUT2D eigenvalue weighted by Gasteiger charge is -2.36. The number of carbonyl (C=O) groups is 1. The maximum atomic E-state index is 10.9. The van der Waals surface area contributed by atoms with Crippen LogP contribution < -0.4 is 5.32 Å². The Morgan fingerprint density at radius 1 is 1.57 bits per heavy atom. The van der Waals surface area contributed by atoms with Crippen molar-refractivity contribution in [2.75, 3.05) is 6.61 Å². The lowest BCUT2D eigenvalue weighted by atomic mass is 9.91. The van der Waals surface area contributed by atoms with Gasteiger partial charge in [-0.1, -0.05) is 6.92 Å². The molecule has 5 nitrogen and oxygen atoms in total. The standard InChI is InChI=1S/C9H15NO4/c1-4-6-3-13-9(14-6)7(8(4)12)10-5(2)11/h4,6-9,12H,3H2,1-2H3,(H,10,11)/t4-,6-,7+,8+,9-/m1/s1. The zero-order valence-corrected chi connectivity index (χ0v) is 8.27. The molecule has 14 heavy (non-hydrogen) atoms. The lowest BCUT2D eigenvalue weighted by molar-refractivity contribution is -0.165. The molecular formula is C9H15NO4. The van der Waals surface area contributed by atoms with Crippen molar-refractivity contribution in [3.63, 3.8) is 0 Å². The quantitative estimate of drug-likeness (QED) is 0.585. The van der Waals surface area contributed by atoms with Crippen LogP contribution in [0.2, 0.25) is 0 Å². The zero-order chi connectivity index (χ0) is 10.3. The van der Waals surface area contributed by atoms with Crippen LogP contribution in [-0.2, 0) is 14.3 Å². The van der Waals surface area contributed by atoms with Gasteiger partial charge in [-0.05, 0) is 0 Å². The third-order valence-corrected chi connectivity index (χ3v) is 2.89. The highest BCUT2D eigenvalue weighted by Gasteiger charge is 2.48. The van der Waals surface area contributed by atoms with Crippen LogP contribution in [0.4, 0.5) is 0 Å². The summed E-state index contributed by atoms with van der Waals surface area (Å²) < 4.78 is 10.8. The van der Waals surface area contributed by atoms with Crippen LogP contribution >= 0.6 is 0 Å². The van der Waals surface area contributed by atoms with Gasteiger partial charge in [-0.15, -0.1) is 0 Å². The number of amides is 1. The number of ether oxygens (including phenoxy) is 2. The molecule has 2 fully saturated rings. The first-order valence-corrected chi connectivity index (χ1v) is 4.82. The number of hydrogen-bond acceptors (Lipinski definition) is 4. The number of aliphatic hydroxyl groups excluding tert-OH is 1. The summed E-state index contributed by atoms with van der Waals surface area (Å²) >= 11 is 0. The van der Waals surface area contributed by atoms with Gasteiger partial charge in [-0.25, -0.2) is 0 Å². The Morgan fingerprint density at radius 2 is 2.29 bits per heavy atom.